The molecular formula is C76H134O6. The van der Waals surface area contributed by atoms with Gasteiger partial charge in [0.1, 0.15) is 13.2 Å². The van der Waals surface area contributed by atoms with Crippen LogP contribution in [0.15, 0.2) is 85.1 Å². The topological polar surface area (TPSA) is 78.9 Å². The normalized spacial score (nSPS) is 12.6. The summed E-state index contributed by atoms with van der Waals surface area (Å²) >= 11 is 0. The molecule has 0 saturated heterocycles. The van der Waals surface area contributed by atoms with Crippen molar-refractivity contribution in [2.45, 2.75) is 367 Å². The lowest BCUT2D eigenvalue weighted by atomic mass is 10.0. The van der Waals surface area contributed by atoms with Crippen molar-refractivity contribution in [2.75, 3.05) is 13.2 Å². The summed E-state index contributed by atoms with van der Waals surface area (Å²) in [5.41, 5.74) is 0. The molecule has 0 radical (unpaired) electrons. The molecule has 0 fully saturated rings. The molecule has 0 amide bonds. The van der Waals surface area contributed by atoms with E-state index in [0.717, 1.165) is 103 Å². The maximum Gasteiger partial charge on any atom is 0.306 e. The van der Waals surface area contributed by atoms with Gasteiger partial charge in [-0.05, 0) is 116 Å². The van der Waals surface area contributed by atoms with E-state index in [1.54, 1.807) is 0 Å². The zero-order valence-corrected chi connectivity index (χ0v) is 54.5. The van der Waals surface area contributed by atoms with E-state index in [0.29, 0.717) is 19.3 Å². The minimum Gasteiger partial charge on any atom is -0.462 e. The van der Waals surface area contributed by atoms with E-state index in [-0.39, 0.29) is 31.1 Å². The van der Waals surface area contributed by atoms with Gasteiger partial charge in [0, 0.05) is 19.3 Å². The first-order valence-electron chi connectivity index (χ1n) is 35.6. The number of carbonyl (C=O) groups is 3. The monoisotopic (exact) mass is 1140 g/mol. The van der Waals surface area contributed by atoms with Crippen molar-refractivity contribution in [1.82, 2.24) is 0 Å². The van der Waals surface area contributed by atoms with Crippen LogP contribution in [-0.2, 0) is 28.6 Å². The number of hydrogen-bond acceptors (Lipinski definition) is 6. The highest BCUT2D eigenvalue weighted by Crippen LogP contribution is 2.17. The SMILES string of the molecule is CC/C=C\C/C=C\C/C=C\C/C=C\CCCCCCCCCCC(=O)OC(COC(=O)CCCCCCC/C=C\CCCCCCC)COC(=O)CCCCCCCCCCCCCCCCCCC/C=C\C/C=C\CCCCCCC. The summed E-state index contributed by atoms with van der Waals surface area (Å²) in [6.07, 6.45) is 93.3. The first kappa shape index (κ1) is 78.6. The molecule has 1 atom stereocenters. The molecular weight excluding hydrogens is 1010 g/mol. The fourth-order valence-corrected chi connectivity index (χ4v) is 10.3. The summed E-state index contributed by atoms with van der Waals surface area (Å²) in [4.78, 5) is 38.4. The summed E-state index contributed by atoms with van der Waals surface area (Å²) in [6.45, 7) is 6.54. The second-order valence-corrected chi connectivity index (χ2v) is 23.8. The second kappa shape index (κ2) is 70.1. The Morgan fingerprint density at radius 2 is 0.476 bits per heavy atom. The highest BCUT2D eigenvalue weighted by Gasteiger charge is 2.19. The third kappa shape index (κ3) is 67.4. The first-order chi connectivity index (χ1) is 40.5. The van der Waals surface area contributed by atoms with Gasteiger partial charge in [0.15, 0.2) is 6.10 Å². The molecule has 0 spiro atoms. The average Bonchev–Trinajstić information content (AvgIpc) is 3.47. The van der Waals surface area contributed by atoms with E-state index in [1.165, 1.54) is 218 Å². The number of esters is 3. The molecule has 0 aliphatic carbocycles. The van der Waals surface area contributed by atoms with E-state index >= 15 is 0 Å². The van der Waals surface area contributed by atoms with Crippen LogP contribution in [0.5, 0.6) is 0 Å². The van der Waals surface area contributed by atoms with E-state index in [4.69, 9.17) is 14.2 Å². The quantitative estimate of drug-likeness (QED) is 0.0261. The average molecular weight is 1140 g/mol. The predicted octanol–water partition coefficient (Wildman–Crippen LogP) is 24.6. The van der Waals surface area contributed by atoms with Crippen molar-refractivity contribution < 1.29 is 28.6 Å². The van der Waals surface area contributed by atoms with Crippen LogP contribution in [-0.4, -0.2) is 37.2 Å². The lowest BCUT2D eigenvalue weighted by Gasteiger charge is -2.18. The van der Waals surface area contributed by atoms with Gasteiger partial charge in [-0.1, -0.05) is 311 Å². The number of unbranched alkanes of at least 4 members (excludes halogenated alkanes) is 40. The minimum absolute atomic E-state index is 0.0796. The van der Waals surface area contributed by atoms with Crippen LogP contribution < -0.4 is 0 Å². The Hall–Kier alpha value is -3.41. The van der Waals surface area contributed by atoms with E-state index < -0.39 is 6.10 Å². The number of carbonyl (C=O) groups excluding carboxylic acids is 3. The molecule has 0 saturated carbocycles. The van der Waals surface area contributed by atoms with E-state index in [9.17, 15) is 14.4 Å². The minimum atomic E-state index is -0.785. The Kier molecular flexibility index (Phi) is 67.2. The Balaban J connectivity index is 4.26. The Bertz CT molecular complexity index is 1550. The van der Waals surface area contributed by atoms with Crippen molar-refractivity contribution in [3.05, 3.63) is 85.1 Å². The van der Waals surface area contributed by atoms with Crippen LogP contribution in [0, 0.1) is 0 Å². The second-order valence-electron chi connectivity index (χ2n) is 23.8. The van der Waals surface area contributed by atoms with Crippen LogP contribution in [0.1, 0.15) is 361 Å². The number of ether oxygens (including phenoxy) is 3. The maximum absolute atomic E-state index is 13.0. The van der Waals surface area contributed by atoms with Crippen LogP contribution in [0.2, 0.25) is 0 Å². The third-order valence-corrected chi connectivity index (χ3v) is 15.6. The molecule has 0 aliphatic rings. The molecule has 0 aliphatic heterocycles. The van der Waals surface area contributed by atoms with Crippen molar-refractivity contribution in [3.63, 3.8) is 0 Å². The molecule has 0 aromatic heterocycles. The molecule has 6 nitrogen and oxygen atoms in total. The molecule has 0 heterocycles. The highest BCUT2D eigenvalue weighted by molar-refractivity contribution is 5.71. The van der Waals surface area contributed by atoms with Gasteiger partial charge in [0.25, 0.3) is 0 Å². The number of rotatable bonds is 65. The zero-order chi connectivity index (χ0) is 59.2. The molecule has 82 heavy (non-hydrogen) atoms. The van der Waals surface area contributed by atoms with Crippen molar-refractivity contribution in [1.29, 1.82) is 0 Å². The van der Waals surface area contributed by atoms with Gasteiger partial charge in [0.05, 0.1) is 0 Å². The summed E-state index contributed by atoms with van der Waals surface area (Å²) in [5.74, 6) is -0.879. The lowest BCUT2D eigenvalue weighted by Crippen LogP contribution is -2.30. The van der Waals surface area contributed by atoms with Gasteiger partial charge in [-0.15, -0.1) is 0 Å². The molecule has 6 heteroatoms. The van der Waals surface area contributed by atoms with Gasteiger partial charge in [0.2, 0.25) is 0 Å². The standard InChI is InChI=1S/C76H134O6/c1-4-7-10-13-16-19-22-25-28-30-32-34-35-36-37-38-39-40-41-43-44-46-48-51-54-57-60-63-66-69-75(78)81-72-73(71-80-74(77)68-65-62-59-56-53-50-27-24-21-18-15-12-9-6-3)82-76(79)70-67-64-61-58-55-52-49-47-45-42-33-31-29-26-23-20-17-14-11-8-5-2/h8,11,17,20,22,24-27,29-30,32-33,42,73H,4-7,9-10,12-16,18-19,21,23,28,31,34-41,43-72H2,1-3H3/b11-8-,20-17-,25-22-,27-24-,29-26-,32-30-,42-33-. The van der Waals surface area contributed by atoms with E-state index in [1.807, 2.05) is 0 Å². The van der Waals surface area contributed by atoms with E-state index in [2.05, 4.69) is 106 Å². The Morgan fingerprint density at radius 3 is 0.756 bits per heavy atom. The molecule has 0 aromatic rings. The summed E-state index contributed by atoms with van der Waals surface area (Å²) in [7, 11) is 0. The summed E-state index contributed by atoms with van der Waals surface area (Å²) in [6, 6.07) is 0. The van der Waals surface area contributed by atoms with Gasteiger partial charge in [-0.3, -0.25) is 14.4 Å². The largest absolute Gasteiger partial charge is 0.462 e. The smallest absolute Gasteiger partial charge is 0.306 e. The van der Waals surface area contributed by atoms with Crippen molar-refractivity contribution >= 4 is 17.9 Å². The van der Waals surface area contributed by atoms with Crippen LogP contribution >= 0.6 is 0 Å². The molecule has 474 valence electrons. The van der Waals surface area contributed by atoms with Gasteiger partial charge >= 0.3 is 17.9 Å². The van der Waals surface area contributed by atoms with Gasteiger partial charge in [-0.25, -0.2) is 0 Å². The number of hydrogen-bond donors (Lipinski definition) is 0. The first-order valence-corrected chi connectivity index (χ1v) is 35.6. The molecule has 0 rings (SSSR count). The van der Waals surface area contributed by atoms with Gasteiger partial charge < -0.3 is 14.2 Å². The lowest BCUT2D eigenvalue weighted by molar-refractivity contribution is -0.167. The van der Waals surface area contributed by atoms with Crippen molar-refractivity contribution in [2.24, 2.45) is 0 Å². The van der Waals surface area contributed by atoms with Gasteiger partial charge in [-0.2, -0.15) is 0 Å². The maximum atomic E-state index is 13.0. The zero-order valence-electron chi connectivity index (χ0n) is 54.5. The molecule has 0 bridgehead atoms. The predicted molar refractivity (Wildman–Crippen MR) is 358 cm³/mol. The van der Waals surface area contributed by atoms with Crippen molar-refractivity contribution in [3.8, 4) is 0 Å². The van der Waals surface area contributed by atoms with Crippen LogP contribution in [0.4, 0.5) is 0 Å². The fourth-order valence-electron chi connectivity index (χ4n) is 10.3. The third-order valence-electron chi connectivity index (χ3n) is 15.6. The molecule has 0 aromatic carbocycles. The summed E-state index contributed by atoms with van der Waals surface area (Å²) < 4.78 is 17.0. The molecule has 1 unspecified atom stereocenters. The Morgan fingerprint density at radius 1 is 0.256 bits per heavy atom. The highest BCUT2D eigenvalue weighted by atomic mass is 16.6. The van der Waals surface area contributed by atoms with Crippen LogP contribution in [0.3, 0.4) is 0 Å². The fraction of sp³-hybridized carbons (Fsp3) is 0.776. The molecule has 0 N–H and O–H groups in total. The van der Waals surface area contributed by atoms with Crippen LogP contribution in [0.25, 0.3) is 0 Å². The number of allylic oxidation sites excluding steroid dienone is 14. The Labute approximate surface area is 509 Å². The summed E-state index contributed by atoms with van der Waals surface area (Å²) in [5, 5.41) is 0.